The minimum atomic E-state index is -1.29. The Labute approximate surface area is 71.8 Å². The molecule has 4 nitrogen and oxygen atoms in total. The maximum Gasteiger partial charge on any atom is 0.184 e. The van der Waals surface area contributed by atoms with Crippen LogP contribution >= 0.6 is 0 Å². The van der Waals surface area contributed by atoms with Crippen molar-refractivity contribution in [1.29, 1.82) is 0 Å². The molecule has 0 saturated carbocycles. The Balaban J connectivity index is 2.78. The van der Waals surface area contributed by atoms with Crippen molar-refractivity contribution in [3.8, 4) is 0 Å². The van der Waals surface area contributed by atoms with Gasteiger partial charge in [0, 0.05) is 5.92 Å². The van der Waals surface area contributed by atoms with E-state index in [1.807, 2.05) is 0 Å². The average molecular weight is 176 g/mol. The molecule has 0 spiro atoms. The number of hydrogen-bond acceptors (Lipinski definition) is 4. The van der Waals surface area contributed by atoms with Gasteiger partial charge in [0.15, 0.2) is 6.29 Å². The van der Waals surface area contributed by atoms with E-state index in [-0.39, 0.29) is 5.92 Å². The van der Waals surface area contributed by atoms with Crippen molar-refractivity contribution >= 4 is 0 Å². The SMILES string of the molecule is CC1C(O)C(O)C(O)OC1(C)C. The predicted molar refractivity (Wildman–Crippen MR) is 42.3 cm³/mol. The van der Waals surface area contributed by atoms with E-state index in [1.54, 1.807) is 20.8 Å². The van der Waals surface area contributed by atoms with E-state index in [0.717, 1.165) is 0 Å². The molecule has 1 heterocycles. The fourth-order valence-corrected chi connectivity index (χ4v) is 1.36. The minimum absolute atomic E-state index is 0.198. The van der Waals surface area contributed by atoms with Crippen LogP contribution in [0.15, 0.2) is 0 Å². The highest BCUT2D eigenvalue weighted by Gasteiger charge is 2.45. The lowest BCUT2D eigenvalue weighted by Crippen LogP contribution is -2.57. The molecule has 0 radical (unpaired) electrons. The van der Waals surface area contributed by atoms with Crippen LogP contribution in [0.25, 0.3) is 0 Å². The third kappa shape index (κ3) is 1.47. The van der Waals surface area contributed by atoms with E-state index in [9.17, 15) is 10.2 Å². The predicted octanol–water partition coefficient (Wildman–Crippen LogP) is -0.529. The molecule has 0 bridgehead atoms. The van der Waals surface area contributed by atoms with Crippen molar-refractivity contribution in [3.05, 3.63) is 0 Å². The van der Waals surface area contributed by atoms with Gasteiger partial charge in [-0.3, -0.25) is 0 Å². The summed E-state index contributed by atoms with van der Waals surface area (Å²) >= 11 is 0. The van der Waals surface area contributed by atoms with Crippen LogP contribution in [0.2, 0.25) is 0 Å². The molecular weight excluding hydrogens is 160 g/mol. The second-order valence-electron chi connectivity index (χ2n) is 3.88. The average Bonchev–Trinajstić information content (AvgIpc) is 1.97. The standard InChI is InChI=1S/C8H16O4/c1-4-5(9)6(10)7(11)12-8(4,2)3/h4-7,9-11H,1-3H3. The maximum absolute atomic E-state index is 9.46. The zero-order valence-corrected chi connectivity index (χ0v) is 7.56. The summed E-state index contributed by atoms with van der Waals surface area (Å²) in [5, 5.41) is 27.9. The molecule has 4 atom stereocenters. The second kappa shape index (κ2) is 2.96. The van der Waals surface area contributed by atoms with Crippen molar-refractivity contribution in [2.45, 2.75) is 44.9 Å². The van der Waals surface area contributed by atoms with Crippen molar-refractivity contribution < 1.29 is 20.1 Å². The summed E-state index contributed by atoms with van der Waals surface area (Å²) in [5.74, 6) is -0.198. The van der Waals surface area contributed by atoms with Crippen LogP contribution in [0, 0.1) is 5.92 Å². The summed E-state index contributed by atoms with van der Waals surface area (Å²) in [4.78, 5) is 0. The van der Waals surface area contributed by atoms with Crippen LogP contribution in [0.1, 0.15) is 20.8 Å². The van der Waals surface area contributed by atoms with Crippen LogP contribution in [-0.2, 0) is 4.74 Å². The lowest BCUT2D eigenvalue weighted by Gasteiger charge is -2.44. The Bertz CT molecular complexity index is 168. The molecule has 12 heavy (non-hydrogen) atoms. The highest BCUT2D eigenvalue weighted by Crippen LogP contribution is 2.32. The first-order valence-electron chi connectivity index (χ1n) is 4.08. The van der Waals surface area contributed by atoms with Gasteiger partial charge in [-0.1, -0.05) is 6.92 Å². The smallest absolute Gasteiger partial charge is 0.184 e. The van der Waals surface area contributed by atoms with Gasteiger partial charge in [-0.05, 0) is 13.8 Å². The van der Waals surface area contributed by atoms with Crippen molar-refractivity contribution in [2.24, 2.45) is 5.92 Å². The van der Waals surface area contributed by atoms with E-state index in [0.29, 0.717) is 0 Å². The zero-order valence-electron chi connectivity index (χ0n) is 7.56. The summed E-state index contributed by atoms with van der Waals surface area (Å²) in [6, 6.07) is 0. The van der Waals surface area contributed by atoms with Crippen LogP contribution in [0.3, 0.4) is 0 Å². The normalized spacial score (nSPS) is 47.5. The van der Waals surface area contributed by atoms with E-state index >= 15 is 0 Å². The molecule has 3 N–H and O–H groups in total. The quantitative estimate of drug-likeness (QED) is 0.464. The van der Waals surface area contributed by atoms with E-state index in [1.165, 1.54) is 0 Å². The summed E-state index contributed by atoms with van der Waals surface area (Å²) < 4.78 is 5.11. The van der Waals surface area contributed by atoms with Gasteiger partial charge >= 0.3 is 0 Å². The monoisotopic (exact) mass is 176 g/mol. The molecule has 4 unspecified atom stereocenters. The Morgan fingerprint density at radius 3 is 2.08 bits per heavy atom. The molecule has 0 aromatic carbocycles. The summed E-state index contributed by atoms with van der Waals surface area (Å²) in [6.07, 6.45) is -3.41. The van der Waals surface area contributed by atoms with Crippen LogP contribution in [0.4, 0.5) is 0 Å². The molecule has 1 aliphatic rings. The molecule has 0 aliphatic carbocycles. The molecule has 1 fully saturated rings. The Morgan fingerprint density at radius 2 is 1.58 bits per heavy atom. The molecular formula is C8H16O4. The van der Waals surface area contributed by atoms with Gasteiger partial charge in [-0.2, -0.15) is 0 Å². The van der Waals surface area contributed by atoms with Gasteiger partial charge in [0.05, 0.1) is 11.7 Å². The van der Waals surface area contributed by atoms with Gasteiger partial charge in [-0.25, -0.2) is 0 Å². The van der Waals surface area contributed by atoms with Gasteiger partial charge in [0.25, 0.3) is 0 Å². The maximum atomic E-state index is 9.46. The van der Waals surface area contributed by atoms with Crippen molar-refractivity contribution in [3.63, 3.8) is 0 Å². The lowest BCUT2D eigenvalue weighted by atomic mass is 9.82. The minimum Gasteiger partial charge on any atom is -0.390 e. The number of hydrogen-bond donors (Lipinski definition) is 3. The van der Waals surface area contributed by atoms with E-state index in [2.05, 4.69) is 0 Å². The largest absolute Gasteiger partial charge is 0.390 e. The highest BCUT2D eigenvalue weighted by atomic mass is 16.6. The first-order chi connectivity index (χ1) is 5.36. The van der Waals surface area contributed by atoms with E-state index in [4.69, 9.17) is 9.84 Å². The topological polar surface area (TPSA) is 69.9 Å². The highest BCUT2D eigenvalue weighted by molar-refractivity contribution is 4.91. The fourth-order valence-electron chi connectivity index (χ4n) is 1.36. The number of aliphatic hydroxyl groups excluding tert-OH is 3. The van der Waals surface area contributed by atoms with Crippen LogP contribution in [-0.4, -0.2) is 39.4 Å². The third-order valence-corrected chi connectivity index (χ3v) is 2.68. The Kier molecular flexibility index (Phi) is 2.45. The molecule has 4 heteroatoms. The first kappa shape index (κ1) is 9.92. The molecule has 0 aromatic heterocycles. The van der Waals surface area contributed by atoms with Gasteiger partial charge in [0.1, 0.15) is 6.10 Å². The third-order valence-electron chi connectivity index (χ3n) is 2.68. The summed E-state index contributed by atoms with van der Waals surface area (Å²) in [5.41, 5.74) is -0.599. The van der Waals surface area contributed by atoms with Gasteiger partial charge < -0.3 is 20.1 Å². The van der Waals surface area contributed by atoms with Crippen LogP contribution in [0.5, 0.6) is 0 Å². The number of aliphatic hydroxyl groups is 3. The molecule has 1 rings (SSSR count). The molecule has 0 amide bonds. The number of ether oxygens (including phenoxy) is 1. The Hall–Kier alpha value is -0.160. The lowest BCUT2D eigenvalue weighted by molar-refractivity contribution is -0.294. The van der Waals surface area contributed by atoms with Gasteiger partial charge in [0.2, 0.25) is 0 Å². The summed E-state index contributed by atoms with van der Waals surface area (Å²) in [7, 11) is 0. The zero-order chi connectivity index (χ0) is 9.52. The second-order valence-corrected chi connectivity index (χ2v) is 3.88. The van der Waals surface area contributed by atoms with E-state index < -0.39 is 24.1 Å². The van der Waals surface area contributed by atoms with Gasteiger partial charge in [-0.15, -0.1) is 0 Å². The summed E-state index contributed by atoms with van der Waals surface area (Å²) in [6.45, 7) is 5.33. The molecule has 1 saturated heterocycles. The molecule has 0 aromatic rings. The number of rotatable bonds is 0. The first-order valence-corrected chi connectivity index (χ1v) is 4.08. The molecule has 72 valence electrons. The van der Waals surface area contributed by atoms with Crippen molar-refractivity contribution in [2.75, 3.05) is 0 Å². The van der Waals surface area contributed by atoms with Crippen LogP contribution < -0.4 is 0 Å². The van der Waals surface area contributed by atoms with Crippen molar-refractivity contribution in [1.82, 2.24) is 0 Å². The molecule has 1 aliphatic heterocycles. The Morgan fingerprint density at radius 1 is 1.08 bits per heavy atom. The fraction of sp³-hybridized carbons (Fsp3) is 1.00.